The molecule has 81 heavy (non-hydrogen) atoms. The molecule has 4 fully saturated rings. The molecule has 0 bridgehead atoms. The number of nitrogens with one attached hydrogen (secondary N) is 3. The fraction of sp³-hybridized carbons (Fsp3) is 0.450. The Morgan fingerprint density at radius 1 is 0.469 bits per heavy atom. The van der Waals surface area contributed by atoms with Crippen molar-refractivity contribution in [3.8, 4) is 45.7 Å². The van der Waals surface area contributed by atoms with E-state index in [1.165, 1.54) is 10.9 Å². The third-order valence-electron chi connectivity index (χ3n) is 15.0. The Hall–Kier alpha value is -7.85. The molecule has 0 amide bonds. The van der Waals surface area contributed by atoms with E-state index in [1.807, 2.05) is 76.4 Å². The van der Waals surface area contributed by atoms with Crippen LogP contribution in [-0.2, 0) is 18.9 Å². The van der Waals surface area contributed by atoms with Gasteiger partial charge in [0.2, 0.25) is 0 Å². The molecule has 4 atom stereocenters. The zero-order valence-corrected chi connectivity index (χ0v) is 47.5. The zero-order chi connectivity index (χ0) is 56.0. The molecule has 0 unspecified atom stereocenters. The highest BCUT2D eigenvalue weighted by molar-refractivity contribution is 5.97. The molecule has 0 radical (unpaired) electrons. The lowest BCUT2D eigenvalue weighted by atomic mass is 9.89. The molecule has 0 saturated carbocycles. The van der Waals surface area contributed by atoms with Gasteiger partial charge in [0, 0.05) is 91.8 Å². The molecule has 3 N–H and O–H groups in total. The number of pyridine rings is 6. The molecular formula is C60H73N15O6. The molecule has 21 heteroatoms. The van der Waals surface area contributed by atoms with Crippen molar-refractivity contribution in [3.63, 3.8) is 0 Å². The van der Waals surface area contributed by atoms with Crippen molar-refractivity contribution in [1.29, 1.82) is 0 Å². The first-order valence-corrected chi connectivity index (χ1v) is 28.3. The quantitative estimate of drug-likeness (QED) is 0.109. The second kappa shape index (κ2) is 24.9. The van der Waals surface area contributed by atoms with Gasteiger partial charge in [0.1, 0.15) is 62.6 Å². The smallest absolute Gasteiger partial charge is 0.133 e. The number of ether oxygens (including phenoxy) is 6. The lowest BCUT2D eigenvalue weighted by Gasteiger charge is -2.40. The maximum absolute atomic E-state index is 6.15. The van der Waals surface area contributed by atoms with E-state index in [4.69, 9.17) is 43.4 Å². The highest BCUT2D eigenvalue weighted by Gasteiger charge is 2.31. The first-order chi connectivity index (χ1) is 39.5. The fourth-order valence-corrected chi connectivity index (χ4v) is 11.3. The minimum absolute atomic E-state index is 0.0618. The molecule has 13 heterocycles. The molecule has 0 aromatic carbocycles. The van der Waals surface area contributed by atoms with Gasteiger partial charge in [-0.1, -0.05) is 0 Å². The van der Waals surface area contributed by atoms with E-state index < -0.39 is 0 Å². The first-order valence-electron chi connectivity index (χ1n) is 28.3. The Morgan fingerprint density at radius 2 is 0.864 bits per heavy atom. The van der Waals surface area contributed by atoms with E-state index in [0.29, 0.717) is 32.3 Å². The van der Waals surface area contributed by atoms with E-state index in [1.54, 1.807) is 31.0 Å². The maximum atomic E-state index is 6.15. The molecule has 21 nitrogen and oxygen atoms in total. The number of nitrogens with zero attached hydrogens (tertiary/aromatic N) is 12. The molecule has 424 valence electrons. The number of morpholine rings is 3. The van der Waals surface area contributed by atoms with Crippen LogP contribution in [0.1, 0.15) is 79.7 Å². The van der Waals surface area contributed by atoms with Gasteiger partial charge in [0.25, 0.3) is 0 Å². The molecule has 9 aromatic rings. The topological polar surface area (TPSA) is 228 Å². The van der Waals surface area contributed by atoms with Gasteiger partial charge in [-0.2, -0.15) is 15.3 Å². The van der Waals surface area contributed by atoms with Crippen LogP contribution in [0.3, 0.4) is 0 Å². The van der Waals surface area contributed by atoms with Gasteiger partial charge in [-0.05, 0) is 122 Å². The van der Waals surface area contributed by atoms with Crippen LogP contribution in [0.15, 0.2) is 91.8 Å². The minimum Gasteiger partial charge on any atom is -0.490 e. The van der Waals surface area contributed by atoms with Crippen molar-refractivity contribution in [3.05, 3.63) is 97.3 Å². The van der Waals surface area contributed by atoms with E-state index in [2.05, 4.69) is 100 Å². The number of aromatic nitrogens is 12. The average Bonchev–Trinajstić information content (AvgIpc) is 4.39. The second-order valence-electron chi connectivity index (χ2n) is 21.7. The van der Waals surface area contributed by atoms with Gasteiger partial charge >= 0.3 is 0 Å². The zero-order valence-electron chi connectivity index (χ0n) is 47.5. The van der Waals surface area contributed by atoms with E-state index in [0.717, 1.165) is 143 Å². The summed E-state index contributed by atoms with van der Waals surface area (Å²) >= 11 is 0. The van der Waals surface area contributed by atoms with Crippen LogP contribution in [0.5, 0.6) is 11.5 Å². The van der Waals surface area contributed by atoms with Gasteiger partial charge in [-0.3, -0.25) is 30.2 Å². The third kappa shape index (κ3) is 12.1. The lowest BCUT2D eigenvalue weighted by molar-refractivity contribution is 0.0752. The predicted octanol–water partition coefficient (Wildman–Crippen LogP) is 9.59. The summed E-state index contributed by atoms with van der Waals surface area (Å²) in [6.45, 7) is 24.3. The van der Waals surface area contributed by atoms with Crippen LogP contribution >= 0.6 is 0 Å². The van der Waals surface area contributed by atoms with Gasteiger partial charge in [-0.15, -0.1) is 0 Å². The second-order valence-corrected chi connectivity index (χ2v) is 21.7. The van der Waals surface area contributed by atoms with Crippen LogP contribution in [0.25, 0.3) is 66.9 Å². The summed E-state index contributed by atoms with van der Waals surface area (Å²) in [7, 11) is 0. The summed E-state index contributed by atoms with van der Waals surface area (Å²) in [5.74, 6) is 4.91. The van der Waals surface area contributed by atoms with Crippen molar-refractivity contribution in [2.24, 2.45) is 0 Å². The summed E-state index contributed by atoms with van der Waals surface area (Å²) in [5, 5.41) is 24.3. The summed E-state index contributed by atoms with van der Waals surface area (Å²) in [4.78, 5) is 35.7. The first kappa shape index (κ1) is 55.1. The molecule has 9 aromatic heterocycles. The number of aromatic amines is 3. The Bertz CT molecular complexity index is 3320. The highest BCUT2D eigenvalue weighted by atomic mass is 16.5. The number of anilines is 3. The SMILES string of the molecule is CC(C)Oc1cc(N2[C@H](C)COC[C@@H]2C)nc2c(-c3ccn[nH]3)nccc12.CC(C)Oc1cc(N2[C@H](C)COC[C@H]2C)nc2c(-c3ccn[nH]3)nccc12.c1cc(-c2nccc3c(C4CCOCC4)cc(N4CCOCC4)nc23)[nH]n1. The van der Waals surface area contributed by atoms with Crippen LogP contribution in [0, 0.1) is 0 Å². The highest BCUT2D eigenvalue weighted by Crippen LogP contribution is 2.40. The van der Waals surface area contributed by atoms with Crippen molar-refractivity contribution in [2.75, 3.05) is 80.6 Å². The molecule has 4 saturated heterocycles. The van der Waals surface area contributed by atoms with E-state index >= 15 is 0 Å². The van der Waals surface area contributed by atoms with Gasteiger partial charge in [0.05, 0.1) is 93.1 Å². The molecular weight excluding hydrogens is 1030 g/mol. The molecule has 4 aliphatic heterocycles. The van der Waals surface area contributed by atoms with Crippen molar-refractivity contribution in [1.82, 2.24) is 60.5 Å². The summed E-state index contributed by atoms with van der Waals surface area (Å²) in [6.07, 6.45) is 12.8. The summed E-state index contributed by atoms with van der Waals surface area (Å²) < 4.78 is 34.8. The fourth-order valence-electron chi connectivity index (χ4n) is 11.3. The lowest BCUT2D eigenvalue weighted by Crippen LogP contribution is -2.50. The summed E-state index contributed by atoms with van der Waals surface area (Å²) in [6, 6.07) is 19.0. The van der Waals surface area contributed by atoms with Crippen LogP contribution < -0.4 is 24.2 Å². The normalized spacial score (nSPS) is 19.9. The standard InChI is InChI=1S/C20H23N5O2.2C20H25N5O2/c1-5-21-20(17-2-6-22-24-17)19-15(1)16(14-3-9-26-10-4-14)13-18(23-19)25-7-11-27-12-8-25;2*1-12(2)27-17-9-18(25-13(3)10-26-11-14(25)4)23-19-15(17)5-7-21-20(19)16-6-8-22-24-16/h1-2,5-6,13-14H,3-4,7-12H2,(H,22,24);2*5-9,12-14H,10-11H2,1-4H3,(H,22,24)/t;13-,14+;13-,14-/m..1/s1. The monoisotopic (exact) mass is 1100 g/mol. The Balaban J connectivity index is 0.000000128. The van der Waals surface area contributed by atoms with Crippen LogP contribution in [0.2, 0.25) is 0 Å². The minimum atomic E-state index is 0.0618. The predicted molar refractivity (Wildman–Crippen MR) is 313 cm³/mol. The summed E-state index contributed by atoms with van der Waals surface area (Å²) in [5.41, 5.74) is 8.87. The molecule has 13 rings (SSSR count). The van der Waals surface area contributed by atoms with Gasteiger partial charge in [-0.25, -0.2) is 15.0 Å². The van der Waals surface area contributed by atoms with Gasteiger partial charge < -0.3 is 43.1 Å². The Morgan fingerprint density at radius 3 is 1.27 bits per heavy atom. The average molecular weight is 1100 g/mol. The Labute approximate surface area is 471 Å². The van der Waals surface area contributed by atoms with Gasteiger partial charge in [0.15, 0.2) is 0 Å². The maximum Gasteiger partial charge on any atom is 0.133 e. The van der Waals surface area contributed by atoms with Crippen LogP contribution in [-0.4, -0.2) is 163 Å². The number of hydrogen-bond acceptors (Lipinski definition) is 18. The largest absolute Gasteiger partial charge is 0.490 e. The third-order valence-corrected chi connectivity index (χ3v) is 15.0. The van der Waals surface area contributed by atoms with Crippen molar-refractivity contribution >= 4 is 50.2 Å². The number of rotatable bonds is 11. The van der Waals surface area contributed by atoms with E-state index in [9.17, 15) is 0 Å². The number of fused-ring (bicyclic) bond motifs is 3. The number of H-pyrrole nitrogens is 3. The van der Waals surface area contributed by atoms with E-state index in [-0.39, 0.29) is 36.4 Å². The Kier molecular flexibility index (Phi) is 16.9. The molecule has 0 spiro atoms. The number of hydrogen-bond donors (Lipinski definition) is 3. The molecule has 4 aliphatic rings. The van der Waals surface area contributed by atoms with Crippen molar-refractivity contribution in [2.45, 2.75) is 111 Å². The molecule has 0 aliphatic carbocycles. The van der Waals surface area contributed by atoms with Crippen LogP contribution in [0.4, 0.5) is 17.5 Å². The van der Waals surface area contributed by atoms with Crippen molar-refractivity contribution < 1.29 is 28.4 Å².